The fourth-order valence-corrected chi connectivity index (χ4v) is 6.71. The lowest BCUT2D eigenvalue weighted by atomic mass is 9.80. The minimum Gasteiger partial charge on any atom is -0.455 e. The van der Waals surface area contributed by atoms with E-state index in [0.29, 0.717) is 23.9 Å². The van der Waals surface area contributed by atoms with Gasteiger partial charge in [-0.25, -0.2) is 0 Å². The summed E-state index contributed by atoms with van der Waals surface area (Å²) >= 11 is 0. The van der Waals surface area contributed by atoms with Crippen molar-refractivity contribution < 1.29 is 4.42 Å². The first-order chi connectivity index (χ1) is 18.8. The third kappa shape index (κ3) is 3.27. The van der Waals surface area contributed by atoms with Crippen molar-refractivity contribution in [1.29, 1.82) is 0 Å². The summed E-state index contributed by atoms with van der Waals surface area (Å²) in [5.74, 6) is 0.809. The average molecular weight is 490 g/mol. The van der Waals surface area contributed by atoms with Crippen molar-refractivity contribution in [3.8, 4) is 11.1 Å². The Morgan fingerprint density at radius 3 is 2.21 bits per heavy atom. The van der Waals surface area contributed by atoms with Gasteiger partial charge in [-0.05, 0) is 34.9 Å². The van der Waals surface area contributed by atoms with Gasteiger partial charge in [-0.15, -0.1) is 0 Å². The number of hydrogen-bond donors (Lipinski definition) is 0. The molecular weight excluding hydrogens is 462 g/mol. The van der Waals surface area contributed by atoms with Crippen molar-refractivity contribution >= 4 is 33.2 Å². The third-order valence-electron chi connectivity index (χ3n) is 8.46. The predicted molar refractivity (Wildman–Crippen MR) is 158 cm³/mol. The molecule has 4 unspecified atom stereocenters. The highest BCUT2D eigenvalue weighted by Gasteiger charge is 2.46. The number of furan rings is 1. The Labute approximate surface area is 222 Å². The fourth-order valence-electron chi connectivity index (χ4n) is 6.71. The molecule has 2 heterocycles. The van der Waals surface area contributed by atoms with Gasteiger partial charge in [0.25, 0.3) is 0 Å². The zero-order valence-corrected chi connectivity index (χ0v) is 20.9. The highest BCUT2D eigenvalue weighted by atomic mass is 16.3. The van der Waals surface area contributed by atoms with Gasteiger partial charge in [0.2, 0.25) is 0 Å². The van der Waals surface area contributed by atoms with Crippen molar-refractivity contribution in [2.24, 2.45) is 11.8 Å². The normalized spacial score (nSPS) is 23.6. The van der Waals surface area contributed by atoms with Crippen LogP contribution in [-0.2, 0) is 0 Å². The second kappa shape index (κ2) is 8.49. The monoisotopic (exact) mass is 489 g/mol. The summed E-state index contributed by atoms with van der Waals surface area (Å²) in [7, 11) is 0. The Balaban J connectivity index is 1.19. The van der Waals surface area contributed by atoms with E-state index in [1.807, 2.05) is 6.07 Å². The average Bonchev–Trinajstić information content (AvgIpc) is 3.53. The van der Waals surface area contributed by atoms with Crippen LogP contribution in [-0.4, -0.2) is 12.1 Å². The van der Waals surface area contributed by atoms with Crippen molar-refractivity contribution in [2.45, 2.75) is 12.1 Å². The molecular formula is C36H27NO. The molecule has 1 saturated heterocycles. The maximum Gasteiger partial charge on any atom is 0.143 e. The summed E-state index contributed by atoms with van der Waals surface area (Å²) in [6.45, 7) is 0. The number of nitrogens with zero attached hydrogens (tertiary/aromatic N) is 1. The lowest BCUT2D eigenvalue weighted by molar-refractivity contribution is 0.528. The number of hydrogen-bond acceptors (Lipinski definition) is 2. The van der Waals surface area contributed by atoms with Crippen LogP contribution in [0.3, 0.4) is 0 Å². The van der Waals surface area contributed by atoms with Gasteiger partial charge in [0.05, 0.1) is 12.1 Å². The van der Waals surface area contributed by atoms with Crippen LogP contribution in [0.2, 0.25) is 0 Å². The van der Waals surface area contributed by atoms with E-state index >= 15 is 0 Å². The van der Waals surface area contributed by atoms with E-state index in [9.17, 15) is 0 Å². The molecule has 1 aliphatic heterocycles. The van der Waals surface area contributed by atoms with E-state index in [1.165, 1.54) is 38.7 Å². The van der Waals surface area contributed by atoms with Crippen molar-refractivity contribution in [3.63, 3.8) is 0 Å². The van der Waals surface area contributed by atoms with Gasteiger partial charge in [-0.2, -0.15) is 0 Å². The standard InChI is InChI=1S/C36H27NO/c1-2-9-24(10-3-1)25-17-20-27(21-18-25)37-33-15-6-4-11-29(33)32-23-26(19-22-34(32)37)28-13-8-14-31-30-12-5-7-16-35(30)38-36(28)31/h1-23,29,32-34H. The Morgan fingerprint density at radius 1 is 0.579 bits per heavy atom. The van der Waals surface area contributed by atoms with E-state index in [1.54, 1.807) is 0 Å². The Morgan fingerprint density at radius 2 is 1.32 bits per heavy atom. The minimum atomic E-state index is 0.304. The van der Waals surface area contributed by atoms with Crippen LogP contribution in [0.5, 0.6) is 0 Å². The number of rotatable bonds is 3. The number of allylic oxidation sites excluding steroid dienone is 4. The fraction of sp³-hybridized carbons (Fsp3) is 0.111. The van der Waals surface area contributed by atoms with Crippen LogP contribution in [0.4, 0.5) is 5.69 Å². The summed E-state index contributed by atoms with van der Waals surface area (Å²) in [5, 5.41) is 2.36. The van der Waals surface area contributed by atoms with Crippen LogP contribution >= 0.6 is 0 Å². The van der Waals surface area contributed by atoms with E-state index in [-0.39, 0.29) is 0 Å². The summed E-state index contributed by atoms with van der Waals surface area (Å²) in [6.07, 6.45) is 16.4. The molecule has 5 aromatic rings. The first-order valence-corrected chi connectivity index (χ1v) is 13.4. The smallest absolute Gasteiger partial charge is 0.143 e. The zero-order chi connectivity index (χ0) is 25.1. The molecule has 1 aromatic heterocycles. The first-order valence-electron chi connectivity index (χ1n) is 13.4. The molecule has 2 aliphatic carbocycles. The molecule has 2 nitrogen and oxygen atoms in total. The molecule has 0 amide bonds. The summed E-state index contributed by atoms with van der Waals surface area (Å²) < 4.78 is 6.38. The van der Waals surface area contributed by atoms with Crippen molar-refractivity contribution in [2.75, 3.05) is 4.90 Å². The lowest BCUT2D eigenvalue weighted by Gasteiger charge is -2.32. The maximum atomic E-state index is 6.38. The number of para-hydroxylation sites is 2. The predicted octanol–water partition coefficient (Wildman–Crippen LogP) is 8.82. The highest BCUT2D eigenvalue weighted by Crippen LogP contribution is 2.47. The molecule has 0 N–H and O–H groups in total. The van der Waals surface area contributed by atoms with E-state index < -0.39 is 0 Å². The summed E-state index contributed by atoms with van der Waals surface area (Å²) in [4.78, 5) is 2.61. The summed E-state index contributed by atoms with van der Waals surface area (Å²) in [5.41, 5.74) is 8.12. The Hall–Kier alpha value is -4.56. The highest BCUT2D eigenvalue weighted by molar-refractivity contribution is 6.08. The maximum absolute atomic E-state index is 6.38. The quantitative estimate of drug-likeness (QED) is 0.252. The molecule has 0 saturated carbocycles. The van der Waals surface area contributed by atoms with Crippen LogP contribution in [0.15, 0.2) is 144 Å². The Kier molecular flexibility index (Phi) is 4.81. The van der Waals surface area contributed by atoms with Crippen LogP contribution in [0, 0.1) is 11.8 Å². The van der Waals surface area contributed by atoms with Gasteiger partial charge < -0.3 is 9.32 Å². The van der Waals surface area contributed by atoms with Crippen molar-refractivity contribution in [1.82, 2.24) is 0 Å². The summed E-state index contributed by atoms with van der Waals surface area (Å²) in [6, 6.07) is 35.2. The largest absolute Gasteiger partial charge is 0.455 e. The molecule has 0 bridgehead atoms. The number of benzene rings is 4. The molecule has 2 heteroatoms. The molecule has 38 heavy (non-hydrogen) atoms. The third-order valence-corrected chi connectivity index (χ3v) is 8.46. The molecule has 3 aliphatic rings. The second-order valence-corrected chi connectivity index (χ2v) is 10.5. The van der Waals surface area contributed by atoms with Gasteiger partial charge in [0, 0.05) is 33.9 Å². The van der Waals surface area contributed by atoms with Gasteiger partial charge in [-0.1, -0.05) is 121 Å². The SMILES string of the molecule is C1=CC2C3C=C(c4cccc5c4oc4ccccc45)C=CC3N(c3ccc(-c4ccccc4)cc3)C2C=C1. The van der Waals surface area contributed by atoms with Crippen molar-refractivity contribution in [3.05, 3.63) is 145 Å². The van der Waals surface area contributed by atoms with E-state index in [4.69, 9.17) is 4.42 Å². The molecule has 0 radical (unpaired) electrons. The Bertz CT molecular complexity index is 1780. The van der Waals surface area contributed by atoms with Crippen LogP contribution in [0.1, 0.15) is 5.56 Å². The zero-order valence-electron chi connectivity index (χ0n) is 20.9. The molecule has 0 spiro atoms. The van der Waals surface area contributed by atoms with Crippen LogP contribution in [0.25, 0.3) is 38.6 Å². The number of fused-ring (bicyclic) bond motifs is 6. The molecule has 8 rings (SSSR count). The molecule has 1 fully saturated rings. The van der Waals surface area contributed by atoms with Crippen LogP contribution < -0.4 is 4.90 Å². The molecule has 182 valence electrons. The van der Waals surface area contributed by atoms with E-state index in [2.05, 4.69) is 138 Å². The topological polar surface area (TPSA) is 16.4 Å². The van der Waals surface area contributed by atoms with Gasteiger partial charge in [0.1, 0.15) is 11.2 Å². The van der Waals surface area contributed by atoms with E-state index in [0.717, 1.165) is 11.2 Å². The molecule has 4 aromatic carbocycles. The lowest BCUT2D eigenvalue weighted by Crippen LogP contribution is -2.36. The second-order valence-electron chi connectivity index (χ2n) is 10.5. The molecule has 4 atom stereocenters. The minimum absolute atomic E-state index is 0.304. The van der Waals surface area contributed by atoms with Gasteiger partial charge in [0.15, 0.2) is 0 Å². The number of anilines is 1. The first kappa shape index (κ1) is 21.5. The van der Waals surface area contributed by atoms with Gasteiger partial charge >= 0.3 is 0 Å². The van der Waals surface area contributed by atoms with Gasteiger partial charge in [-0.3, -0.25) is 0 Å².